The fourth-order valence-electron chi connectivity index (χ4n) is 2.01. The lowest BCUT2D eigenvalue weighted by Gasteiger charge is -2.17. The minimum absolute atomic E-state index is 0.0339. The summed E-state index contributed by atoms with van der Waals surface area (Å²) in [6.45, 7) is 0. The van der Waals surface area contributed by atoms with Crippen molar-refractivity contribution in [1.29, 1.82) is 0 Å². The maximum atomic E-state index is 14.1. The minimum Gasteiger partial charge on any atom is -0.211 e. The fourth-order valence-corrected chi connectivity index (χ4v) is 3.59. The molecule has 3 rings (SSSR count). The molecule has 2 aromatic heterocycles. The molecule has 3 heteroatoms. The van der Waals surface area contributed by atoms with Gasteiger partial charge >= 0.3 is 0 Å². The van der Waals surface area contributed by atoms with Gasteiger partial charge in [-0.1, -0.05) is 24.3 Å². The average Bonchev–Trinajstić information content (AvgIpc) is 3.02. The topological polar surface area (TPSA) is 0 Å². The van der Waals surface area contributed by atoms with Gasteiger partial charge in [0.25, 0.3) is 0 Å². The van der Waals surface area contributed by atoms with Gasteiger partial charge in [0.2, 0.25) is 0 Å². The first-order valence-corrected chi connectivity index (χ1v) is 7.23. The lowest BCUT2D eigenvalue weighted by Crippen LogP contribution is -2.02. The van der Waals surface area contributed by atoms with Crippen LogP contribution in [0, 0.1) is 0 Å². The third kappa shape index (κ3) is 2.13. The van der Waals surface area contributed by atoms with Gasteiger partial charge in [-0.2, -0.15) is 0 Å². The van der Waals surface area contributed by atoms with E-state index in [0.717, 1.165) is 4.88 Å². The normalized spacial score (nSPS) is 23.7. The predicted molar refractivity (Wildman–Crippen MR) is 72.5 cm³/mol. The molecule has 2 unspecified atom stereocenters. The highest BCUT2D eigenvalue weighted by Gasteiger charge is 2.21. The van der Waals surface area contributed by atoms with Crippen LogP contribution in [0.15, 0.2) is 59.1 Å². The Balaban J connectivity index is 1.87. The maximum absolute atomic E-state index is 14.1. The molecule has 0 nitrogen and oxygen atoms in total. The summed E-state index contributed by atoms with van der Waals surface area (Å²) in [4.78, 5) is 2.26. The summed E-state index contributed by atoms with van der Waals surface area (Å²) in [5, 5.41) is 4.02. The molecule has 0 bridgehead atoms. The van der Waals surface area contributed by atoms with E-state index in [1.165, 1.54) is 4.88 Å². The molecule has 1 aliphatic carbocycles. The molecule has 1 aliphatic rings. The summed E-state index contributed by atoms with van der Waals surface area (Å²) < 4.78 is 14.1. The number of hydrogen-bond donors (Lipinski definition) is 0. The molecule has 0 aliphatic heterocycles. The summed E-state index contributed by atoms with van der Waals surface area (Å²) in [6.07, 6.45) is 5.81. The van der Waals surface area contributed by atoms with E-state index in [1.807, 2.05) is 35.0 Å². The van der Waals surface area contributed by atoms with Crippen molar-refractivity contribution in [2.24, 2.45) is 0 Å². The van der Waals surface area contributed by atoms with Crippen LogP contribution < -0.4 is 0 Å². The Morgan fingerprint density at radius 3 is 2.24 bits per heavy atom. The van der Waals surface area contributed by atoms with Crippen molar-refractivity contribution in [2.75, 3.05) is 0 Å². The van der Waals surface area contributed by atoms with E-state index in [0.29, 0.717) is 0 Å². The van der Waals surface area contributed by atoms with Crippen LogP contribution in [0.3, 0.4) is 0 Å². The summed E-state index contributed by atoms with van der Waals surface area (Å²) in [5.41, 5.74) is 0. The predicted octanol–water partition coefficient (Wildman–Crippen LogP) is 5.10. The summed E-state index contributed by atoms with van der Waals surface area (Å²) in [7, 11) is 0. The van der Waals surface area contributed by atoms with E-state index in [4.69, 9.17) is 0 Å². The van der Waals surface area contributed by atoms with E-state index in [2.05, 4.69) is 12.1 Å². The number of hydrogen-bond acceptors (Lipinski definition) is 2. The van der Waals surface area contributed by atoms with Crippen molar-refractivity contribution in [3.63, 3.8) is 0 Å². The van der Waals surface area contributed by atoms with Crippen molar-refractivity contribution in [2.45, 2.75) is 11.8 Å². The first kappa shape index (κ1) is 10.9. The highest BCUT2D eigenvalue weighted by molar-refractivity contribution is 7.10. The smallest absolute Gasteiger partial charge is 0.109 e. The fraction of sp³-hybridized carbons (Fsp3) is 0.143. The maximum Gasteiger partial charge on any atom is 0.109 e. The quantitative estimate of drug-likeness (QED) is 0.660. The Morgan fingerprint density at radius 1 is 0.941 bits per heavy atom. The van der Waals surface area contributed by atoms with Crippen LogP contribution in [0.1, 0.15) is 21.6 Å². The Kier molecular flexibility index (Phi) is 2.95. The van der Waals surface area contributed by atoms with E-state index in [9.17, 15) is 4.39 Å². The van der Waals surface area contributed by atoms with Gasteiger partial charge in [-0.15, -0.1) is 22.7 Å². The Labute approximate surface area is 108 Å². The third-order valence-corrected chi connectivity index (χ3v) is 4.80. The molecule has 2 heterocycles. The molecule has 0 fully saturated rings. The zero-order valence-electron chi connectivity index (χ0n) is 9.05. The van der Waals surface area contributed by atoms with Crippen LogP contribution in [0.5, 0.6) is 0 Å². The van der Waals surface area contributed by atoms with Crippen LogP contribution in [-0.4, -0.2) is 0 Å². The van der Waals surface area contributed by atoms with Crippen molar-refractivity contribution < 1.29 is 4.39 Å². The molecule has 0 aromatic carbocycles. The van der Waals surface area contributed by atoms with Gasteiger partial charge in [0.15, 0.2) is 0 Å². The van der Waals surface area contributed by atoms with Crippen molar-refractivity contribution in [1.82, 2.24) is 0 Å². The number of rotatable bonds is 2. The molecule has 0 radical (unpaired) electrons. The van der Waals surface area contributed by atoms with Gasteiger partial charge in [0.05, 0.1) is 5.92 Å². The van der Waals surface area contributed by atoms with E-state index >= 15 is 0 Å². The molecule has 2 aromatic rings. The van der Waals surface area contributed by atoms with Crippen LogP contribution in [0.2, 0.25) is 0 Å². The molecule has 17 heavy (non-hydrogen) atoms. The molecular formula is C14H11FS2. The zero-order valence-corrected chi connectivity index (χ0v) is 10.7. The molecule has 86 valence electrons. The number of halogens is 1. The monoisotopic (exact) mass is 262 g/mol. The zero-order chi connectivity index (χ0) is 11.7. The Hall–Kier alpha value is -1.19. The molecule has 0 saturated carbocycles. The molecule has 0 saturated heterocycles. The molecule has 2 atom stereocenters. The number of allylic oxidation sites excluding steroid dienone is 4. The van der Waals surface area contributed by atoms with Crippen LogP contribution in [-0.2, 0) is 0 Å². The van der Waals surface area contributed by atoms with Gasteiger partial charge in [-0.3, -0.25) is 0 Å². The molecular weight excluding hydrogens is 251 g/mol. The lowest BCUT2D eigenvalue weighted by atomic mass is 9.93. The molecule has 0 amide bonds. The second kappa shape index (κ2) is 4.59. The standard InChI is InChI=1S/C14H11FS2/c15-12-9-10(13-3-1-7-16-13)5-6-11(12)14-4-2-8-17-14/h1-11H. The van der Waals surface area contributed by atoms with Gasteiger partial charge < -0.3 is 0 Å². The lowest BCUT2D eigenvalue weighted by molar-refractivity contribution is 0.574. The minimum atomic E-state index is -0.175. The van der Waals surface area contributed by atoms with Crippen LogP contribution >= 0.6 is 22.7 Å². The summed E-state index contributed by atoms with van der Waals surface area (Å²) in [5.74, 6) is -0.106. The highest BCUT2D eigenvalue weighted by Crippen LogP contribution is 2.38. The first-order chi connectivity index (χ1) is 8.34. The van der Waals surface area contributed by atoms with E-state index in [-0.39, 0.29) is 17.7 Å². The van der Waals surface area contributed by atoms with Crippen LogP contribution in [0.25, 0.3) is 0 Å². The summed E-state index contributed by atoms with van der Waals surface area (Å²) >= 11 is 3.27. The van der Waals surface area contributed by atoms with Crippen LogP contribution in [0.4, 0.5) is 4.39 Å². The van der Waals surface area contributed by atoms with Crippen molar-refractivity contribution in [3.8, 4) is 0 Å². The van der Waals surface area contributed by atoms with Gasteiger partial charge in [0.1, 0.15) is 5.83 Å². The number of thiophene rings is 2. The van der Waals surface area contributed by atoms with Gasteiger partial charge in [-0.25, -0.2) is 4.39 Å². The second-order valence-corrected chi connectivity index (χ2v) is 5.93. The summed E-state index contributed by atoms with van der Waals surface area (Å²) in [6, 6.07) is 8.00. The SMILES string of the molecule is FC1=CC(c2cccs2)C=CC1c1cccs1. The highest BCUT2D eigenvalue weighted by atomic mass is 32.1. The van der Waals surface area contributed by atoms with Crippen molar-refractivity contribution >= 4 is 22.7 Å². The Bertz CT molecular complexity index is 535. The van der Waals surface area contributed by atoms with Gasteiger partial charge in [0, 0.05) is 15.7 Å². The van der Waals surface area contributed by atoms with Crippen molar-refractivity contribution in [3.05, 3.63) is 68.8 Å². The van der Waals surface area contributed by atoms with E-state index in [1.54, 1.807) is 28.7 Å². The first-order valence-electron chi connectivity index (χ1n) is 5.47. The molecule has 0 spiro atoms. The second-order valence-electron chi connectivity index (χ2n) is 3.97. The Morgan fingerprint density at radius 2 is 1.65 bits per heavy atom. The molecule has 0 N–H and O–H groups in total. The average molecular weight is 262 g/mol. The van der Waals surface area contributed by atoms with Gasteiger partial charge in [-0.05, 0) is 29.0 Å². The largest absolute Gasteiger partial charge is 0.211 e. The third-order valence-electron chi connectivity index (χ3n) is 2.87. The van der Waals surface area contributed by atoms with E-state index < -0.39 is 0 Å².